The molecule has 0 saturated heterocycles. The van der Waals surface area contributed by atoms with Crippen LogP contribution in [0.2, 0.25) is 0 Å². The fourth-order valence-electron chi connectivity index (χ4n) is 4.09. The largest absolute Gasteiger partial charge is 0.492 e. The summed E-state index contributed by atoms with van der Waals surface area (Å²) in [6.45, 7) is -0.246. The Kier molecular flexibility index (Phi) is 12.3. The van der Waals surface area contributed by atoms with E-state index in [1.54, 1.807) is 42.5 Å². The van der Waals surface area contributed by atoms with Gasteiger partial charge < -0.3 is 40.8 Å². The Morgan fingerprint density at radius 1 is 1.15 bits per heavy atom. The second kappa shape index (κ2) is 16.4. The van der Waals surface area contributed by atoms with Crippen LogP contribution in [0.5, 0.6) is 11.5 Å². The number of carbonyl (C=O) groups excluding carboxylic acids is 2. The number of primary sulfonamides is 1. The quantitative estimate of drug-likeness (QED) is 0.0871. The fourth-order valence-corrected chi connectivity index (χ4v) is 5.77. The number of nitrogens with one attached hydrogen (secondary N) is 2. The molecule has 0 radical (unpaired) electrons. The third-order valence-corrected chi connectivity index (χ3v) is 8.74. The summed E-state index contributed by atoms with van der Waals surface area (Å²) in [7, 11) is -3.92. The summed E-state index contributed by atoms with van der Waals surface area (Å²) in [6, 6.07) is 9.03. The van der Waals surface area contributed by atoms with E-state index in [-0.39, 0.29) is 50.4 Å². The highest BCUT2D eigenvalue weighted by Gasteiger charge is 2.25. The molecule has 0 saturated carbocycles. The molecule has 3 unspecified atom stereocenters. The van der Waals surface area contributed by atoms with Gasteiger partial charge in [0, 0.05) is 0 Å². The molecule has 20 heteroatoms. The monoisotopic (exact) mass is 694 g/mol. The number of fused-ring (bicyclic) bond motifs is 1. The van der Waals surface area contributed by atoms with Gasteiger partial charge in [-0.2, -0.15) is 5.11 Å². The maximum Gasteiger partial charge on any atom is 0.328 e. The first kappa shape index (κ1) is 35.4. The number of aromatic nitrogens is 1. The number of carboxylic acids is 1. The maximum atomic E-state index is 12.6. The van der Waals surface area contributed by atoms with Crippen LogP contribution in [0.4, 0.5) is 0 Å². The number of aliphatic hydroxyl groups is 1. The van der Waals surface area contributed by atoms with Gasteiger partial charge >= 0.3 is 5.97 Å². The Bertz CT molecular complexity index is 1700. The molecule has 2 aromatic carbocycles. The molecule has 3 atom stereocenters. The molecule has 47 heavy (non-hydrogen) atoms. The van der Waals surface area contributed by atoms with Crippen LogP contribution in [-0.2, 0) is 35.8 Å². The molecule has 3 aromatic rings. The molecule has 1 aliphatic heterocycles. The molecule has 0 fully saturated rings. The van der Waals surface area contributed by atoms with Crippen LogP contribution in [-0.4, -0.2) is 111 Å². The van der Waals surface area contributed by atoms with Gasteiger partial charge in [0.2, 0.25) is 16.2 Å². The van der Waals surface area contributed by atoms with E-state index in [0.717, 1.165) is 11.3 Å². The lowest BCUT2D eigenvalue weighted by Crippen LogP contribution is -2.47. The van der Waals surface area contributed by atoms with Gasteiger partial charge in [0.1, 0.15) is 43.3 Å². The van der Waals surface area contributed by atoms with Crippen molar-refractivity contribution in [2.45, 2.75) is 29.1 Å². The van der Waals surface area contributed by atoms with E-state index in [1.165, 1.54) is 5.01 Å². The fraction of sp³-hybridized carbons (Fsp3) is 0.407. The van der Waals surface area contributed by atoms with Crippen molar-refractivity contribution in [3.8, 4) is 11.5 Å². The van der Waals surface area contributed by atoms with E-state index in [0.29, 0.717) is 27.3 Å². The molecule has 2 amide bonds. The number of ether oxygens (including phenoxy) is 3. The molecule has 4 rings (SSSR count). The lowest BCUT2D eigenvalue weighted by molar-refractivity contribution is -0.144. The van der Waals surface area contributed by atoms with Gasteiger partial charge in [-0.15, -0.1) is 11.3 Å². The third-order valence-electron chi connectivity index (χ3n) is 6.40. The number of aliphatic hydroxyl groups excluding tert-OH is 1. The Hall–Kier alpha value is -4.47. The minimum absolute atomic E-state index is 0.0458. The zero-order valence-electron chi connectivity index (χ0n) is 24.9. The van der Waals surface area contributed by atoms with Crippen LogP contribution in [0.15, 0.2) is 57.1 Å². The van der Waals surface area contributed by atoms with Gasteiger partial charge in [-0.3, -0.25) is 14.6 Å². The van der Waals surface area contributed by atoms with Crippen LogP contribution in [0.3, 0.4) is 0 Å². The Labute approximate surface area is 272 Å². The highest BCUT2D eigenvalue weighted by molar-refractivity contribution is 7.91. The molecule has 0 bridgehead atoms. The molecule has 8 N–H and O–H groups in total. The number of sulfonamides is 1. The third kappa shape index (κ3) is 10.8. The second-order valence-corrected chi connectivity index (χ2v) is 13.0. The molecule has 0 spiro atoms. The number of hydrogen-bond donors (Lipinski definition) is 6. The van der Waals surface area contributed by atoms with E-state index in [1.807, 2.05) is 0 Å². The number of carbonyl (C=O) groups is 3. The number of nitrogens with zero attached hydrogens (tertiary/aromatic N) is 4. The number of hydrogen-bond acceptors (Lipinski definition) is 15. The van der Waals surface area contributed by atoms with Crippen molar-refractivity contribution in [2.75, 3.05) is 46.1 Å². The average Bonchev–Trinajstić information content (AvgIpc) is 3.68. The lowest BCUT2D eigenvalue weighted by atomic mass is 10.2. The van der Waals surface area contributed by atoms with E-state index in [4.69, 9.17) is 30.2 Å². The molecular formula is C27H34N8O10S2. The van der Waals surface area contributed by atoms with Crippen LogP contribution >= 0.6 is 11.3 Å². The standard InChI is InChI=1S/C27H34N8O10S2/c28-20(12-36)25(38)30-6-7-44-18-3-1-2-16(8-18)13-43-15-22(26(39)40)31-24(37)11-35-10-17(33-34-35)14-45-19-4-5-21-23(9-19)46-27(32-21)47(29,41)42/h1-5,8-9,17,20,22,36H,6-7,10-15,28H2,(H,30,38)(H,31,37)(H,39,40)(H2,29,41,42). The van der Waals surface area contributed by atoms with E-state index in [2.05, 4.69) is 26.0 Å². The zero-order chi connectivity index (χ0) is 34.0. The van der Waals surface area contributed by atoms with Gasteiger partial charge in [-0.25, -0.2) is 23.3 Å². The number of nitrogens with two attached hydrogens (primary N) is 2. The average molecular weight is 695 g/mol. The Morgan fingerprint density at radius 2 is 1.94 bits per heavy atom. The van der Waals surface area contributed by atoms with E-state index in [9.17, 15) is 27.9 Å². The minimum atomic E-state index is -3.92. The molecule has 254 valence electrons. The zero-order valence-corrected chi connectivity index (χ0v) is 26.5. The summed E-state index contributed by atoms with van der Waals surface area (Å²) in [5, 5.41) is 38.0. The highest BCUT2D eigenvalue weighted by atomic mass is 32.2. The van der Waals surface area contributed by atoms with Crippen molar-refractivity contribution in [1.82, 2.24) is 20.6 Å². The number of benzene rings is 2. The Balaban J connectivity index is 1.16. The van der Waals surface area contributed by atoms with Gasteiger partial charge in [0.05, 0.1) is 43.1 Å². The molecule has 0 aliphatic carbocycles. The topological polar surface area (TPSA) is 270 Å². The first-order valence-corrected chi connectivity index (χ1v) is 16.4. The number of carboxylic acid groups (broad SMARTS) is 1. The molecule has 2 heterocycles. The number of thiazole rings is 1. The maximum absolute atomic E-state index is 12.6. The predicted molar refractivity (Wildman–Crippen MR) is 166 cm³/mol. The summed E-state index contributed by atoms with van der Waals surface area (Å²) in [6.07, 6.45) is 0. The summed E-state index contributed by atoms with van der Waals surface area (Å²) in [5.74, 6) is -1.40. The van der Waals surface area contributed by atoms with Gasteiger partial charge in [0.25, 0.3) is 10.0 Å². The van der Waals surface area contributed by atoms with Crippen molar-refractivity contribution in [1.29, 1.82) is 0 Å². The predicted octanol–water partition coefficient (Wildman–Crippen LogP) is -1.03. The van der Waals surface area contributed by atoms with Crippen LogP contribution in [0, 0.1) is 0 Å². The van der Waals surface area contributed by atoms with Gasteiger partial charge in [-0.1, -0.05) is 17.4 Å². The second-order valence-electron chi connectivity index (χ2n) is 10.2. The summed E-state index contributed by atoms with van der Waals surface area (Å²) in [5.41, 5.74) is 6.58. The van der Waals surface area contributed by atoms with Crippen LogP contribution in [0.25, 0.3) is 10.2 Å². The van der Waals surface area contributed by atoms with Crippen molar-refractivity contribution in [3.63, 3.8) is 0 Å². The van der Waals surface area contributed by atoms with E-state index < -0.39 is 52.5 Å². The smallest absolute Gasteiger partial charge is 0.328 e. The Morgan fingerprint density at radius 3 is 2.68 bits per heavy atom. The van der Waals surface area contributed by atoms with Gasteiger partial charge in [0.15, 0.2) is 6.04 Å². The van der Waals surface area contributed by atoms with Crippen LogP contribution < -0.4 is 31.0 Å². The number of rotatable bonds is 18. The summed E-state index contributed by atoms with van der Waals surface area (Å²) >= 11 is 0.926. The highest BCUT2D eigenvalue weighted by Crippen LogP contribution is 2.28. The SMILES string of the molecule is NC(CO)C(=O)NCCOc1cccc(COCC(NC(=O)CN2CC(COc3ccc4nc(S(N)(=O)=O)sc4c3)N=N2)C(=O)O)c1. The molecule has 1 aromatic heterocycles. The van der Waals surface area contributed by atoms with Gasteiger partial charge in [-0.05, 0) is 35.9 Å². The van der Waals surface area contributed by atoms with Crippen molar-refractivity contribution in [2.24, 2.45) is 21.2 Å². The molecule has 1 aliphatic rings. The van der Waals surface area contributed by atoms with Crippen molar-refractivity contribution >= 4 is 49.4 Å². The number of aliphatic carboxylic acids is 1. The first-order chi connectivity index (χ1) is 22.4. The van der Waals surface area contributed by atoms with Crippen molar-refractivity contribution < 1.29 is 47.2 Å². The number of amides is 2. The lowest BCUT2D eigenvalue weighted by Gasteiger charge is -2.18. The molecular weight excluding hydrogens is 660 g/mol. The van der Waals surface area contributed by atoms with Crippen LogP contribution in [0.1, 0.15) is 5.56 Å². The summed E-state index contributed by atoms with van der Waals surface area (Å²) < 4.78 is 40.4. The van der Waals surface area contributed by atoms with E-state index >= 15 is 0 Å². The summed E-state index contributed by atoms with van der Waals surface area (Å²) in [4.78, 5) is 39.9. The minimum Gasteiger partial charge on any atom is -0.492 e. The normalized spacial score (nSPS) is 15.7. The first-order valence-electron chi connectivity index (χ1n) is 14.1. The van der Waals surface area contributed by atoms with Crippen molar-refractivity contribution in [3.05, 3.63) is 48.0 Å². The molecule has 18 nitrogen and oxygen atoms in total.